The molecule has 1 aromatic carbocycles. The van der Waals surface area contributed by atoms with Crippen molar-refractivity contribution in [3.63, 3.8) is 0 Å². The van der Waals surface area contributed by atoms with Crippen LogP contribution in [0.25, 0.3) is 0 Å². The smallest absolute Gasteiger partial charge is 0.257 e. The molecule has 1 amide bonds. The molecule has 2 aromatic rings. The summed E-state index contributed by atoms with van der Waals surface area (Å²) < 4.78 is 5.35. The molecule has 1 fully saturated rings. The Kier molecular flexibility index (Phi) is 4.43. The lowest BCUT2D eigenvalue weighted by molar-refractivity contribution is 0.0703. The van der Waals surface area contributed by atoms with Crippen molar-refractivity contribution in [2.45, 2.75) is 25.7 Å². The van der Waals surface area contributed by atoms with Gasteiger partial charge >= 0.3 is 0 Å². The molecule has 0 radical (unpaired) electrons. The Morgan fingerprint density at radius 3 is 3.05 bits per heavy atom. The zero-order valence-electron chi connectivity index (χ0n) is 12.9. The van der Waals surface area contributed by atoms with E-state index in [1.807, 2.05) is 41.6 Å². The summed E-state index contributed by atoms with van der Waals surface area (Å²) in [5.41, 5.74) is 1.72. The van der Waals surface area contributed by atoms with Crippen LogP contribution in [0.2, 0.25) is 0 Å². The molecule has 3 rings (SSSR count). The maximum Gasteiger partial charge on any atom is 0.257 e. The third-order valence-electron chi connectivity index (χ3n) is 4.09. The fraction of sp³-hybridized carbons (Fsp3) is 0.412. The Bertz CT molecular complexity index is 655. The van der Waals surface area contributed by atoms with E-state index in [4.69, 9.17) is 4.74 Å². The summed E-state index contributed by atoms with van der Waals surface area (Å²) in [4.78, 5) is 19.2. The molecule has 0 bridgehead atoms. The zero-order valence-corrected chi connectivity index (χ0v) is 13.7. The Hall–Kier alpha value is -1.88. The predicted octanol–water partition coefficient (Wildman–Crippen LogP) is 3.48. The lowest BCUT2D eigenvalue weighted by Crippen LogP contribution is -2.39. The lowest BCUT2D eigenvalue weighted by Gasteiger charge is -2.32. The number of hydrogen-bond donors (Lipinski definition) is 0. The molecular weight excluding hydrogens is 296 g/mol. The van der Waals surface area contributed by atoms with Gasteiger partial charge in [0, 0.05) is 30.6 Å². The average Bonchev–Trinajstić information content (AvgIpc) is 3.09. The van der Waals surface area contributed by atoms with Gasteiger partial charge in [-0.1, -0.05) is 11.6 Å². The van der Waals surface area contributed by atoms with Gasteiger partial charge in [0.1, 0.15) is 5.75 Å². The van der Waals surface area contributed by atoms with E-state index in [0.717, 1.165) is 36.5 Å². The summed E-state index contributed by atoms with van der Waals surface area (Å²) in [7, 11) is 1.61. The molecule has 22 heavy (non-hydrogen) atoms. The number of carbonyl (C=O) groups is 1. The minimum Gasteiger partial charge on any atom is -0.496 e. The standard InChI is InChI=1S/C17H20N2O2S/c1-12-5-6-15(21-2)14(10-12)17(20)19-8-3-4-13(11-19)16-18-7-9-22-16/h5-7,9-10,13H,3-4,8,11H2,1-2H3/t13-/m1/s1. The van der Waals surface area contributed by atoms with Gasteiger partial charge in [0.25, 0.3) is 5.91 Å². The highest BCUT2D eigenvalue weighted by molar-refractivity contribution is 7.09. The highest BCUT2D eigenvalue weighted by Crippen LogP contribution is 2.30. The van der Waals surface area contributed by atoms with Crippen LogP contribution < -0.4 is 4.74 Å². The van der Waals surface area contributed by atoms with E-state index in [1.165, 1.54) is 0 Å². The van der Waals surface area contributed by atoms with Gasteiger partial charge in [-0.2, -0.15) is 0 Å². The molecule has 0 aliphatic carbocycles. The van der Waals surface area contributed by atoms with Crippen LogP contribution >= 0.6 is 11.3 Å². The van der Waals surface area contributed by atoms with Crippen molar-refractivity contribution in [1.82, 2.24) is 9.88 Å². The Morgan fingerprint density at radius 2 is 2.32 bits per heavy atom. The van der Waals surface area contributed by atoms with Crippen LogP contribution in [0.5, 0.6) is 5.75 Å². The number of benzene rings is 1. The van der Waals surface area contributed by atoms with E-state index in [-0.39, 0.29) is 5.91 Å². The molecule has 1 aromatic heterocycles. The molecular formula is C17H20N2O2S. The van der Waals surface area contributed by atoms with Crippen LogP contribution in [0.4, 0.5) is 0 Å². The minimum absolute atomic E-state index is 0.0572. The van der Waals surface area contributed by atoms with E-state index in [1.54, 1.807) is 18.4 Å². The van der Waals surface area contributed by atoms with Gasteiger partial charge in [-0.15, -0.1) is 11.3 Å². The van der Waals surface area contributed by atoms with Gasteiger partial charge in [0.15, 0.2) is 0 Å². The first-order valence-corrected chi connectivity index (χ1v) is 8.40. The van der Waals surface area contributed by atoms with Gasteiger partial charge in [-0.25, -0.2) is 4.98 Å². The number of rotatable bonds is 3. The van der Waals surface area contributed by atoms with Crippen molar-refractivity contribution in [1.29, 1.82) is 0 Å². The SMILES string of the molecule is COc1ccc(C)cc1C(=O)N1CCC[C@@H](c2nccs2)C1. The Labute approximate surface area is 134 Å². The van der Waals surface area contributed by atoms with Crippen LogP contribution in [-0.2, 0) is 0 Å². The second kappa shape index (κ2) is 6.48. The van der Waals surface area contributed by atoms with E-state index in [2.05, 4.69) is 4.98 Å². The third kappa shape index (κ3) is 2.99. The van der Waals surface area contributed by atoms with E-state index in [0.29, 0.717) is 17.2 Å². The Balaban J connectivity index is 1.81. The fourth-order valence-electron chi connectivity index (χ4n) is 2.96. The molecule has 1 aliphatic rings. The number of ether oxygens (including phenoxy) is 1. The van der Waals surface area contributed by atoms with E-state index < -0.39 is 0 Å². The Morgan fingerprint density at radius 1 is 1.45 bits per heavy atom. The summed E-state index contributed by atoms with van der Waals surface area (Å²) in [5.74, 6) is 1.06. The second-order valence-electron chi connectivity index (χ2n) is 5.66. The number of piperidine rings is 1. The number of carbonyl (C=O) groups excluding carboxylic acids is 1. The number of aromatic nitrogens is 1. The summed E-state index contributed by atoms with van der Waals surface area (Å²) in [6.45, 7) is 3.53. The normalized spacial score (nSPS) is 18.3. The highest BCUT2D eigenvalue weighted by Gasteiger charge is 2.28. The maximum atomic E-state index is 12.9. The van der Waals surface area contributed by atoms with Crippen LogP contribution in [0.1, 0.15) is 39.7 Å². The van der Waals surface area contributed by atoms with Crippen molar-refractivity contribution in [2.75, 3.05) is 20.2 Å². The van der Waals surface area contributed by atoms with Crippen LogP contribution in [0, 0.1) is 6.92 Å². The van der Waals surface area contributed by atoms with Crippen molar-refractivity contribution >= 4 is 17.2 Å². The third-order valence-corrected chi connectivity index (χ3v) is 5.03. The number of aryl methyl sites for hydroxylation is 1. The van der Waals surface area contributed by atoms with Crippen LogP contribution in [0.15, 0.2) is 29.8 Å². The molecule has 0 unspecified atom stereocenters. The van der Waals surface area contributed by atoms with Crippen LogP contribution in [-0.4, -0.2) is 36.0 Å². The van der Waals surface area contributed by atoms with Crippen molar-refractivity contribution in [3.05, 3.63) is 45.9 Å². The number of nitrogens with zero attached hydrogens (tertiary/aromatic N) is 2. The van der Waals surface area contributed by atoms with Gasteiger partial charge in [0.2, 0.25) is 0 Å². The second-order valence-corrected chi connectivity index (χ2v) is 6.59. The molecule has 2 heterocycles. The first kappa shape index (κ1) is 15.0. The number of hydrogen-bond acceptors (Lipinski definition) is 4. The predicted molar refractivity (Wildman–Crippen MR) is 87.7 cm³/mol. The zero-order chi connectivity index (χ0) is 15.5. The average molecular weight is 316 g/mol. The van der Waals surface area contributed by atoms with Gasteiger partial charge in [-0.3, -0.25) is 4.79 Å². The van der Waals surface area contributed by atoms with Crippen molar-refractivity contribution in [2.24, 2.45) is 0 Å². The fourth-order valence-corrected chi connectivity index (χ4v) is 3.73. The molecule has 4 nitrogen and oxygen atoms in total. The van der Waals surface area contributed by atoms with Gasteiger partial charge < -0.3 is 9.64 Å². The molecule has 0 saturated carbocycles. The molecule has 116 valence electrons. The van der Waals surface area contributed by atoms with Crippen LogP contribution in [0.3, 0.4) is 0 Å². The summed E-state index contributed by atoms with van der Waals surface area (Å²) in [6.07, 6.45) is 3.96. The quantitative estimate of drug-likeness (QED) is 0.870. The molecule has 1 aliphatic heterocycles. The monoisotopic (exact) mass is 316 g/mol. The molecule has 5 heteroatoms. The highest BCUT2D eigenvalue weighted by atomic mass is 32.1. The topological polar surface area (TPSA) is 42.4 Å². The maximum absolute atomic E-state index is 12.9. The molecule has 1 saturated heterocycles. The lowest BCUT2D eigenvalue weighted by atomic mass is 9.97. The number of amides is 1. The molecule has 0 N–H and O–H groups in total. The number of thiazole rings is 1. The minimum atomic E-state index is 0.0572. The summed E-state index contributed by atoms with van der Waals surface area (Å²) in [5, 5.41) is 3.13. The number of likely N-dealkylation sites (tertiary alicyclic amines) is 1. The first-order valence-electron chi connectivity index (χ1n) is 7.52. The van der Waals surface area contributed by atoms with Crippen molar-refractivity contribution < 1.29 is 9.53 Å². The molecule has 1 atom stereocenters. The summed E-state index contributed by atoms with van der Waals surface area (Å²) >= 11 is 1.68. The van der Waals surface area contributed by atoms with E-state index in [9.17, 15) is 4.79 Å². The van der Waals surface area contributed by atoms with Gasteiger partial charge in [0.05, 0.1) is 17.7 Å². The first-order chi connectivity index (χ1) is 10.7. The largest absolute Gasteiger partial charge is 0.496 e. The van der Waals surface area contributed by atoms with Crippen molar-refractivity contribution in [3.8, 4) is 5.75 Å². The number of methoxy groups -OCH3 is 1. The van der Waals surface area contributed by atoms with E-state index >= 15 is 0 Å². The van der Waals surface area contributed by atoms with Gasteiger partial charge in [-0.05, 0) is 31.9 Å². The molecule has 0 spiro atoms. The summed E-state index contributed by atoms with van der Waals surface area (Å²) in [6, 6.07) is 5.74.